The molecule has 0 aromatic heterocycles. The van der Waals surface area contributed by atoms with Crippen LogP contribution < -0.4 is 10.6 Å². The molecule has 0 unspecified atom stereocenters. The highest BCUT2D eigenvalue weighted by molar-refractivity contribution is 7.81. The summed E-state index contributed by atoms with van der Waals surface area (Å²) in [6.45, 7) is 1.16. The molecule has 2 aromatic rings. The quantitative estimate of drug-likeness (QED) is 0.541. The first kappa shape index (κ1) is 19.9. The number of piperidine rings is 1. The van der Waals surface area contributed by atoms with Gasteiger partial charge in [0.15, 0.2) is 13.7 Å². The molecule has 0 atom stereocenters. The van der Waals surface area contributed by atoms with E-state index in [0.717, 1.165) is 19.3 Å². The van der Waals surface area contributed by atoms with Crippen LogP contribution in [0.15, 0.2) is 60.7 Å². The Morgan fingerprint density at radius 1 is 0.862 bits per heavy atom. The molecule has 2 aliphatic rings. The molecule has 1 amide bonds. The second kappa shape index (κ2) is 8.16. The van der Waals surface area contributed by atoms with Crippen molar-refractivity contribution in [1.29, 1.82) is 0 Å². The molecular formula is C23H26NO4P. The number of ether oxygens (including phenoxy) is 1. The molecular weight excluding hydrogens is 385 g/mol. The van der Waals surface area contributed by atoms with Gasteiger partial charge >= 0.3 is 5.97 Å². The zero-order valence-electron chi connectivity index (χ0n) is 16.5. The van der Waals surface area contributed by atoms with Crippen LogP contribution in [0.25, 0.3) is 0 Å². The fraction of sp³-hybridized carbons (Fsp3) is 0.391. The van der Waals surface area contributed by atoms with Crippen LogP contribution in [-0.4, -0.2) is 41.6 Å². The second-order valence-electron chi connectivity index (χ2n) is 7.83. The maximum Gasteiger partial charge on any atom is 0.320 e. The molecule has 1 saturated carbocycles. The molecule has 2 aromatic carbocycles. The zero-order chi connectivity index (χ0) is 20.3. The normalized spacial score (nSPS) is 18.1. The first-order chi connectivity index (χ1) is 14.1. The highest BCUT2D eigenvalue weighted by Gasteiger charge is 2.65. The number of likely N-dealkylation sites (tertiary alicyclic amines) is 1. The third-order valence-corrected chi connectivity index (χ3v) is 9.87. The minimum absolute atomic E-state index is 0.164. The summed E-state index contributed by atoms with van der Waals surface area (Å²) in [6.07, 6.45) is 4.11. The summed E-state index contributed by atoms with van der Waals surface area (Å²) >= 11 is 0. The predicted molar refractivity (Wildman–Crippen MR) is 113 cm³/mol. The van der Waals surface area contributed by atoms with E-state index >= 15 is 0 Å². The average Bonchev–Trinajstić information content (AvgIpc) is 3.61. The Hall–Kier alpha value is -2.39. The Morgan fingerprint density at radius 2 is 1.38 bits per heavy atom. The van der Waals surface area contributed by atoms with Gasteiger partial charge in [0.1, 0.15) is 5.16 Å². The average molecular weight is 411 g/mol. The molecule has 0 spiro atoms. The zero-order valence-corrected chi connectivity index (χ0v) is 17.4. The third kappa shape index (κ3) is 3.64. The summed E-state index contributed by atoms with van der Waals surface area (Å²) in [5, 5.41) is 0.240. The minimum Gasteiger partial charge on any atom is -0.455 e. The Morgan fingerprint density at radius 3 is 1.86 bits per heavy atom. The van der Waals surface area contributed by atoms with Gasteiger partial charge in [-0.3, -0.25) is 9.59 Å². The SMILES string of the molecule is O=C(COC(=O)C1(P(=O)(c2ccccc2)c2ccccc2)CC1)N1CCCCC1. The summed E-state index contributed by atoms with van der Waals surface area (Å²) in [4.78, 5) is 27.3. The van der Waals surface area contributed by atoms with E-state index < -0.39 is 18.3 Å². The van der Waals surface area contributed by atoms with Crippen LogP contribution in [0.4, 0.5) is 0 Å². The summed E-state index contributed by atoms with van der Waals surface area (Å²) < 4.78 is 20.0. The lowest BCUT2D eigenvalue weighted by atomic mass is 10.1. The van der Waals surface area contributed by atoms with E-state index in [-0.39, 0.29) is 12.5 Å². The van der Waals surface area contributed by atoms with Crippen molar-refractivity contribution in [2.24, 2.45) is 0 Å². The number of amides is 1. The Bertz CT molecular complexity index is 875. The number of carbonyl (C=O) groups is 2. The third-order valence-electron chi connectivity index (χ3n) is 5.98. The second-order valence-corrected chi connectivity index (χ2v) is 10.9. The Balaban J connectivity index is 1.58. The molecule has 6 heteroatoms. The summed E-state index contributed by atoms with van der Waals surface area (Å²) in [5.41, 5.74) is 0. The largest absolute Gasteiger partial charge is 0.455 e. The molecule has 0 radical (unpaired) electrons. The summed E-state index contributed by atoms with van der Waals surface area (Å²) in [5.74, 6) is -0.679. The molecule has 2 fully saturated rings. The molecule has 0 bridgehead atoms. The smallest absolute Gasteiger partial charge is 0.320 e. The predicted octanol–water partition coefficient (Wildman–Crippen LogP) is 3.09. The number of hydrogen-bond acceptors (Lipinski definition) is 4. The fourth-order valence-electron chi connectivity index (χ4n) is 4.18. The first-order valence-corrected chi connectivity index (χ1v) is 11.9. The molecule has 0 N–H and O–H groups in total. The first-order valence-electron chi connectivity index (χ1n) is 10.2. The molecule has 1 aliphatic carbocycles. The lowest BCUT2D eigenvalue weighted by Gasteiger charge is -2.29. The number of hydrogen-bond donors (Lipinski definition) is 0. The lowest BCUT2D eigenvalue weighted by Crippen LogP contribution is -2.40. The maximum atomic E-state index is 14.5. The van der Waals surface area contributed by atoms with Gasteiger partial charge in [-0.25, -0.2) is 0 Å². The molecule has 29 heavy (non-hydrogen) atoms. The van der Waals surface area contributed by atoms with Crippen molar-refractivity contribution in [3.63, 3.8) is 0 Å². The van der Waals surface area contributed by atoms with E-state index in [1.54, 1.807) is 4.90 Å². The molecule has 1 heterocycles. The van der Waals surface area contributed by atoms with Crippen molar-refractivity contribution in [3.8, 4) is 0 Å². The molecule has 152 valence electrons. The monoisotopic (exact) mass is 411 g/mol. The highest BCUT2D eigenvalue weighted by Crippen LogP contribution is 2.68. The van der Waals surface area contributed by atoms with E-state index in [4.69, 9.17) is 4.74 Å². The van der Waals surface area contributed by atoms with Crippen molar-refractivity contribution >= 4 is 29.6 Å². The van der Waals surface area contributed by atoms with E-state index in [1.807, 2.05) is 60.7 Å². The van der Waals surface area contributed by atoms with Gasteiger partial charge in [0.2, 0.25) is 0 Å². The molecule has 1 aliphatic heterocycles. The van der Waals surface area contributed by atoms with Crippen LogP contribution in [0, 0.1) is 0 Å². The highest BCUT2D eigenvalue weighted by atomic mass is 31.2. The van der Waals surface area contributed by atoms with Gasteiger partial charge < -0.3 is 14.2 Å². The number of nitrogens with zero attached hydrogens (tertiary/aromatic N) is 1. The number of rotatable bonds is 6. The standard InChI is InChI=1S/C23H26NO4P/c25-21(24-16-8-3-9-17-24)18-28-22(26)23(14-15-23)29(27,19-10-4-1-5-11-19)20-12-6-2-7-13-20/h1-2,4-7,10-13H,3,8-9,14-18H2. The van der Waals surface area contributed by atoms with E-state index in [9.17, 15) is 14.2 Å². The molecule has 4 rings (SSSR count). The minimum atomic E-state index is -3.26. The van der Waals surface area contributed by atoms with E-state index in [2.05, 4.69) is 0 Å². The van der Waals surface area contributed by atoms with E-state index in [1.165, 1.54) is 0 Å². The maximum absolute atomic E-state index is 14.5. The van der Waals surface area contributed by atoms with Crippen molar-refractivity contribution < 1.29 is 18.9 Å². The van der Waals surface area contributed by atoms with Gasteiger partial charge in [-0.05, 0) is 32.1 Å². The van der Waals surface area contributed by atoms with Gasteiger partial charge in [-0.15, -0.1) is 0 Å². The number of benzene rings is 2. The van der Waals surface area contributed by atoms with Crippen molar-refractivity contribution in [2.45, 2.75) is 37.3 Å². The van der Waals surface area contributed by atoms with Crippen LogP contribution in [-0.2, 0) is 18.9 Å². The van der Waals surface area contributed by atoms with Gasteiger partial charge in [0, 0.05) is 23.7 Å². The topological polar surface area (TPSA) is 63.7 Å². The van der Waals surface area contributed by atoms with Crippen LogP contribution >= 0.6 is 7.14 Å². The van der Waals surface area contributed by atoms with Crippen LogP contribution in [0.5, 0.6) is 0 Å². The van der Waals surface area contributed by atoms with Crippen LogP contribution in [0.1, 0.15) is 32.1 Å². The van der Waals surface area contributed by atoms with Crippen LogP contribution in [0.2, 0.25) is 0 Å². The lowest BCUT2D eigenvalue weighted by molar-refractivity contribution is -0.152. The fourth-order valence-corrected chi connectivity index (χ4v) is 7.72. The van der Waals surface area contributed by atoms with Gasteiger partial charge in [-0.2, -0.15) is 0 Å². The molecule has 1 saturated heterocycles. The Labute approximate surface area is 171 Å². The van der Waals surface area contributed by atoms with Crippen molar-refractivity contribution in [3.05, 3.63) is 60.7 Å². The summed E-state index contributed by atoms with van der Waals surface area (Å²) in [7, 11) is -3.26. The van der Waals surface area contributed by atoms with Crippen molar-refractivity contribution in [2.75, 3.05) is 19.7 Å². The number of esters is 1. The van der Waals surface area contributed by atoms with Gasteiger partial charge in [0.05, 0.1) is 0 Å². The van der Waals surface area contributed by atoms with Crippen LogP contribution in [0.3, 0.4) is 0 Å². The molecule has 5 nitrogen and oxygen atoms in total. The Kier molecular flexibility index (Phi) is 5.60. The van der Waals surface area contributed by atoms with Gasteiger partial charge in [0.25, 0.3) is 5.91 Å². The number of carbonyl (C=O) groups excluding carboxylic acids is 2. The summed E-state index contributed by atoms with van der Waals surface area (Å²) in [6, 6.07) is 18.4. The van der Waals surface area contributed by atoms with E-state index in [0.29, 0.717) is 36.5 Å². The van der Waals surface area contributed by atoms with Gasteiger partial charge in [-0.1, -0.05) is 60.7 Å². The van der Waals surface area contributed by atoms with Crippen molar-refractivity contribution in [1.82, 2.24) is 4.90 Å².